The van der Waals surface area contributed by atoms with Crippen molar-refractivity contribution >= 4 is 0 Å². The highest BCUT2D eigenvalue weighted by Crippen LogP contribution is 2.37. The van der Waals surface area contributed by atoms with Crippen molar-refractivity contribution < 1.29 is 9.47 Å². The fourth-order valence-corrected chi connectivity index (χ4v) is 2.87. The van der Waals surface area contributed by atoms with Gasteiger partial charge in [-0.05, 0) is 61.1 Å². The van der Waals surface area contributed by atoms with Gasteiger partial charge in [-0.2, -0.15) is 0 Å². The van der Waals surface area contributed by atoms with Crippen LogP contribution in [-0.4, -0.2) is 14.2 Å². The Bertz CT molecular complexity index is 585. The molecule has 20 heavy (non-hydrogen) atoms. The van der Waals surface area contributed by atoms with Crippen LogP contribution in [0.1, 0.15) is 22.3 Å². The predicted octanol–water partition coefficient (Wildman–Crippen LogP) is 4.60. The maximum Gasteiger partial charge on any atom is 0.125 e. The zero-order valence-corrected chi connectivity index (χ0v) is 13.1. The Hall–Kier alpha value is -1.96. The summed E-state index contributed by atoms with van der Waals surface area (Å²) < 4.78 is 11.1. The molecule has 0 N–H and O–H groups in total. The van der Waals surface area contributed by atoms with Gasteiger partial charge < -0.3 is 9.47 Å². The minimum atomic E-state index is 0.960. The predicted molar refractivity (Wildman–Crippen MR) is 83.9 cm³/mol. The first-order valence-corrected chi connectivity index (χ1v) is 6.80. The summed E-state index contributed by atoms with van der Waals surface area (Å²) in [5.41, 5.74) is 7.05. The lowest BCUT2D eigenvalue weighted by molar-refractivity contribution is 0.408. The van der Waals surface area contributed by atoms with Crippen molar-refractivity contribution in [2.75, 3.05) is 14.2 Å². The summed E-state index contributed by atoms with van der Waals surface area (Å²) in [6, 6.07) is 8.52. The Balaban J connectivity index is 2.70. The van der Waals surface area contributed by atoms with E-state index < -0.39 is 0 Å². The van der Waals surface area contributed by atoms with Gasteiger partial charge in [0.15, 0.2) is 0 Å². The summed E-state index contributed by atoms with van der Waals surface area (Å²) >= 11 is 0. The first kappa shape index (κ1) is 14.4. The zero-order valence-electron chi connectivity index (χ0n) is 13.1. The Morgan fingerprint density at radius 3 is 1.25 bits per heavy atom. The summed E-state index contributed by atoms with van der Waals surface area (Å²) in [6.45, 7) is 8.34. The van der Waals surface area contributed by atoms with Crippen LogP contribution >= 0.6 is 0 Å². The molecular weight excluding hydrogens is 248 g/mol. The third-order valence-electron chi connectivity index (χ3n) is 3.90. The highest BCUT2D eigenvalue weighted by Gasteiger charge is 2.14. The summed E-state index contributed by atoms with van der Waals surface area (Å²) in [7, 11) is 3.45. The maximum absolute atomic E-state index is 5.53. The molecule has 0 spiro atoms. The quantitative estimate of drug-likeness (QED) is 0.811. The van der Waals surface area contributed by atoms with E-state index in [2.05, 4.69) is 52.0 Å². The lowest BCUT2D eigenvalue weighted by Crippen LogP contribution is -1.97. The van der Waals surface area contributed by atoms with E-state index in [4.69, 9.17) is 9.47 Å². The molecule has 2 heteroatoms. The van der Waals surface area contributed by atoms with Crippen molar-refractivity contribution in [1.82, 2.24) is 0 Å². The smallest absolute Gasteiger partial charge is 0.125 e. The average Bonchev–Trinajstić information content (AvgIpc) is 2.41. The Morgan fingerprint density at radius 2 is 0.950 bits per heavy atom. The number of rotatable bonds is 3. The molecule has 0 atom stereocenters. The summed E-state index contributed by atoms with van der Waals surface area (Å²) in [5, 5.41) is 0. The molecule has 0 aliphatic carbocycles. The van der Waals surface area contributed by atoms with Crippen molar-refractivity contribution in [3.05, 3.63) is 46.5 Å². The molecule has 0 amide bonds. The molecule has 2 aromatic carbocycles. The minimum absolute atomic E-state index is 0.960. The van der Waals surface area contributed by atoms with Gasteiger partial charge >= 0.3 is 0 Å². The Morgan fingerprint density at radius 1 is 0.600 bits per heavy atom. The van der Waals surface area contributed by atoms with Crippen molar-refractivity contribution in [3.63, 3.8) is 0 Å². The number of hydrogen-bond donors (Lipinski definition) is 0. The molecule has 0 unspecified atom stereocenters. The molecule has 0 saturated heterocycles. The standard InChI is InChI=1S/C18H22O2/c1-11-7-9-15(13(3)17(11)19-5)16-10-8-12(2)18(20-6)14(16)4/h7-10H,1-6H3. The molecule has 0 aliphatic rings. The fraction of sp³-hybridized carbons (Fsp3) is 0.333. The van der Waals surface area contributed by atoms with Crippen molar-refractivity contribution in [2.45, 2.75) is 27.7 Å². The van der Waals surface area contributed by atoms with E-state index in [-0.39, 0.29) is 0 Å². The minimum Gasteiger partial charge on any atom is -0.496 e. The molecule has 2 nitrogen and oxygen atoms in total. The largest absolute Gasteiger partial charge is 0.496 e. The van der Waals surface area contributed by atoms with E-state index in [0.717, 1.165) is 22.6 Å². The highest BCUT2D eigenvalue weighted by molar-refractivity contribution is 5.76. The Labute approximate surface area is 121 Å². The lowest BCUT2D eigenvalue weighted by Gasteiger charge is -2.17. The van der Waals surface area contributed by atoms with E-state index in [0.29, 0.717) is 0 Å². The molecule has 0 fully saturated rings. The van der Waals surface area contributed by atoms with E-state index >= 15 is 0 Å². The molecule has 0 saturated carbocycles. The average molecular weight is 270 g/mol. The first-order chi connectivity index (χ1) is 9.51. The SMILES string of the molecule is COc1c(C)ccc(-c2ccc(C)c(OC)c2C)c1C. The van der Waals surface area contributed by atoms with Crippen molar-refractivity contribution in [1.29, 1.82) is 0 Å². The molecule has 0 bridgehead atoms. The number of benzene rings is 2. The third-order valence-corrected chi connectivity index (χ3v) is 3.90. The molecule has 2 aromatic rings. The van der Waals surface area contributed by atoms with Gasteiger partial charge in [-0.3, -0.25) is 0 Å². The fourth-order valence-electron chi connectivity index (χ4n) is 2.87. The van der Waals surface area contributed by atoms with Crippen LogP contribution in [0.5, 0.6) is 11.5 Å². The lowest BCUT2D eigenvalue weighted by atomic mass is 9.93. The molecular formula is C18H22O2. The van der Waals surface area contributed by atoms with Gasteiger partial charge in [-0.1, -0.05) is 24.3 Å². The summed E-state index contributed by atoms with van der Waals surface area (Å²) in [6.07, 6.45) is 0. The van der Waals surface area contributed by atoms with Gasteiger partial charge in [0.25, 0.3) is 0 Å². The van der Waals surface area contributed by atoms with Gasteiger partial charge in [0.2, 0.25) is 0 Å². The molecule has 106 valence electrons. The van der Waals surface area contributed by atoms with Gasteiger partial charge in [0, 0.05) is 0 Å². The third kappa shape index (κ3) is 2.26. The van der Waals surface area contributed by atoms with Crippen LogP contribution in [0.3, 0.4) is 0 Å². The topological polar surface area (TPSA) is 18.5 Å². The van der Waals surface area contributed by atoms with Crippen molar-refractivity contribution in [3.8, 4) is 22.6 Å². The zero-order chi connectivity index (χ0) is 14.9. The number of methoxy groups -OCH3 is 2. The van der Waals surface area contributed by atoms with E-state index in [9.17, 15) is 0 Å². The van der Waals surface area contributed by atoms with Crippen LogP contribution in [-0.2, 0) is 0 Å². The highest BCUT2D eigenvalue weighted by atomic mass is 16.5. The van der Waals surface area contributed by atoms with E-state index in [1.807, 2.05) is 0 Å². The van der Waals surface area contributed by atoms with Crippen LogP contribution in [0.4, 0.5) is 0 Å². The first-order valence-electron chi connectivity index (χ1n) is 6.80. The number of aryl methyl sites for hydroxylation is 2. The van der Waals surface area contributed by atoms with Crippen LogP contribution in [0.15, 0.2) is 24.3 Å². The number of hydrogen-bond acceptors (Lipinski definition) is 2. The van der Waals surface area contributed by atoms with E-state index in [1.54, 1.807) is 14.2 Å². The van der Waals surface area contributed by atoms with Gasteiger partial charge in [0.1, 0.15) is 11.5 Å². The second-order valence-electron chi connectivity index (χ2n) is 5.18. The summed E-state index contributed by atoms with van der Waals surface area (Å²) in [4.78, 5) is 0. The second kappa shape index (κ2) is 5.58. The normalized spacial score (nSPS) is 10.5. The monoisotopic (exact) mass is 270 g/mol. The number of ether oxygens (including phenoxy) is 2. The van der Waals surface area contributed by atoms with Crippen LogP contribution in [0, 0.1) is 27.7 Å². The molecule has 0 heterocycles. The van der Waals surface area contributed by atoms with Crippen LogP contribution < -0.4 is 9.47 Å². The molecule has 0 aromatic heterocycles. The van der Waals surface area contributed by atoms with Gasteiger partial charge in [-0.25, -0.2) is 0 Å². The molecule has 0 aliphatic heterocycles. The van der Waals surface area contributed by atoms with Crippen molar-refractivity contribution in [2.24, 2.45) is 0 Å². The second-order valence-corrected chi connectivity index (χ2v) is 5.18. The molecule has 0 radical (unpaired) electrons. The van der Waals surface area contributed by atoms with E-state index in [1.165, 1.54) is 22.3 Å². The summed E-state index contributed by atoms with van der Waals surface area (Å²) in [5.74, 6) is 1.92. The van der Waals surface area contributed by atoms with Gasteiger partial charge in [-0.15, -0.1) is 0 Å². The van der Waals surface area contributed by atoms with Gasteiger partial charge in [0.05, 0.1) is 14.2 Å². The molecule has 2 rings (SSSR count). The Kier molecular flexibility index (Phi) is 4.03. The van der Waals surface area contributed by atoms with Crippen LogP contribution in [0.2, 0.25) is 0 Å². The maximum atomic E-state index is 5.53. The van der Waals surface area contributed by atoms with Crippen LogP contribution in [0.25, 0.3) is 11.1 Å².